The molecule has 0 heterocycles. The van der Waals surface area contributed by atoms with E-state index in [9.17, 15) is 9.59 Å². The van der Waals surface area contributed by atoms with Crippen LogP contribution < -0.4 is 10.7 Å². The van der Waals surface area contributed by atoms with Crippen LogP contribution in [0.15, 0.2) is 65.8 Å². The zero-order valence-electron chi connectivity index (χ0n) is 12.2. The molecule has 2 amide bonds. The Labute approximate surface area is 129 Å². The van der Waals surface area contributed by atoms with Crippen LogP contribution in [0, 0.1) is 0 Å². The molecule has 0 aliphatic heterocycles. The minimum absolute atomic E-state index is 0.126. The maximum atomic E-state index is 11.8. The van der Waals surface area contributed by atoms with Crippen LogP contribution in [0.1, 0.15) is 22.8 Å². The number of carbonyl (C=O) groups is 2. The average molecular weight is 295 g/mol. The second-order valence-corrected chi connectivity index (χ2v) is 4.65. The van der Waals surface area contributed by atoms with Crippen LogP contribution >= 0.6 is 0 Å². The molecule has 2 aromatic rings. The highest BCUT2D eigenvalue weighted by atomic mass is 16.2. The summed E-state index contributed by atoms with van der Waals surface area (Å²) in [5, 5.41) is 6.55. The van der Waals surface area contributed by atoms with E-state index in [2.05, 4.69) is 15.8 Å². The number of nitrogens with zero attached hydrogens (tertiary/aromatic N) is 1. The highest BCUT2D eigenvalue weighted by Gasteiger charge is 2.07. The highest BCUT2D eigenvalue weighted by Crippen LogP contribution is 2.00. The van der Waals surface area contributed by atoms with Gasteiger partial charge in [-0.1, -0.05) is 48.5 Å². The van der Waals surface area contributed by atoms with Gasteiger partial charge in [-0.15, -0.1) is 0 Å². The van der Waals surface area contributed by atoms with Crippen LogP contribution in [0.3, 0.4) is 0 Å². The van der Waals surface area contributed by atoms with Crippen molar-refractivity contribution in [2.45, 2.75) is 6.92 Å². The molecule has 0 unspecified atom stereocenters. The molecule has 0 radical (unpaired) electrons. The van der Waals surface area contributed by atoms with Crippen molar-refractivity contribution in [3.8, 4) is 0 Å². The number of benzene rings is 2. The Morgan fingerprint density at radius 2 is 1.45 bits per heavy atom. The van der Waals surface area contributed by atoms with Gasteiger partial charge in [0.2, 0.25) is 0 Å². The van der Waals surface area contributed by atoms with E-state index in [1.54, 1.807) is 31.2 Å². The fraction of sp³-hybridized carbons (Fsp3) is 0.118. The summed E-state index contributed by atoms with van der Waals surface area (Å²) in [5.74, 6) is -0.668. The molecule has 5 heteroatoms. The second-order valence-electron chi connectivity index (χ2n) is 4.65. The van der Waals surface area contributed by atoms with Crippen molar-refractivity contribution in [3.63, 3.8) is 0 Å². The van der Waals surface area contributed by atoms with Crippen molar-refractivity contribution in [3.05, 3.63) is 71.8 Å². The van der Waals surface area contributed by atoms with Gasteiger partial charge in [0.1, 0.15) is 0 Å². The largest absolute Gasteiger partial charge is 0.343 e. The Morgan fingerprint density at radius 1 is 0.909 bits per heavy atom. The molecular weight excluding hydrogens is 278 g/mol. The lowest BCUT2D eigenvalue weighted by atomic mass is 10.1. The molecule has 0 atom stereocenters. The summed E-state index contributed by atoms with van der Waals surface area (Å²) >= 11 is 0. The molecule has 0 aromatic heterocycles. The molecule has 2 rings (SSSR count). The first kappa shape index (κ1) is 15.4. The third-order valence-electron chi connectivity index (χ3n) is 2.99. The second kappa shape index (κ2) is 7.73. The molecule has 0 aliphatic carbocycles. The minimum Gasteiger partial charge on any atom is -0.343 e. The number of carbonyl (C=O) groups excluding carboxylic acids is 2. The maximum Gasteiger partial charge on any atom is 0.259 e. The Bertz CT molecular complexity index is 667. The molecule has 0 fully saturated rings. The first-order valence-corrected chi connectivity index (χ1v) is 6.88. The van der Waals surface area contributed by atoms with E-state index in [0.717, 1.165) is 5.56 Å². The Morgan fingerprint density at radius 3 is 2.05 bits per heavy atom. The quantitative estimate of drug-likeness (QED) is 0.654. The van der Waals surface area contributed by atoms with Gasteiger partial charge in [0, 0.05) is 5.56 Å². The Kier molecular flexibility index (Phi) is 5.43. The van der Waals surface area contributed by atoms with Crippen LogP contribution in [0.4, 0.5) is 0 Å². The van der Waals surface area contributed by atoms with Crippen LogP contribution in [0.5, 0.6) is 0 Å². The fourth-order valence-corrected chi connectivity index (χ4v) is 1.78. The first-order chi connectivity index (χ1) is 10.7. The molecule has 22 heavy (non-hydrogen) atoms. The molecule has 0 spiro atoms. The molecule has 0 bridgehead atoms. The predicted molar refractivity (Wildman–Crippen MR) is 85.6 cm³/mol. The molecule has 0 saturated carbocycles. The zero-order valence-corrected chi connectivity index (χ0v) is 12.2. The van der Waals surface area contributed by atoms with E-state index in [4.69, 9.17) is 0 Å². The lowest BCUT2D eigenvalue weighted by Gasteiger charge is -2.05. The van der Waals surface area contributed by atoms with Crippen molar-refractivity contribution in [2.24, 2.45) is 5.10 Å². The lowest BCUT2D eigenvalue weighted by molar-refractivity contribution is -0.120. The normalized spacial score (nSPS) is 10.9. The highest BCUT2D eigenvalue weighted by molar-refractivity contribution is 5.99. The molecule has 5 nitrogen and oxygen atoms in total. The predicted octanol–water partition coefficient (Wildman–Crippen LogP) is 1.96. The molecule has 0 saturated heterocycles. The summed E-state index contributed by atoms with van der Waals surface area (Å²) in [4.78, 5) is 23.5. The maximum absolute atomic E-state index is 11.8. The van der Waals surface area contributed by atoms with Crippen LogP contribution in [0.25, 0.3) is 0 Å². The minimum atomic E-state index is -0.375. The van der Waals surface area contributed by atoms with E-state index in [1.807, 2.05) is 36.4 Å². The molecule has 2 N–H and O–H groups in total. The van der Waals surface area contributed by atoms with Crippen LogP contribution in [-0.2, 0) is 4.79 Å². The third kappa shape index (κ3) is 4.56. The van der Waals surface area contributed by atoms with Crippen molar-refractivity contribution in [1.29, 1.82) is 0 Å². The van der Waals surface area contributed by atoms with Gasteiger partial charge in [-0.2, -0.15) is 5.10 Å². The van der Waals surface area contributed by atoms with E-state index >= 15 is 0 Å². The first-order valence-electron chi connectivity index (χ1n) is 6.88. The van der Waals surface area contributed by atoms with E-state index in [-0.39, 0.29) is 18.4 Å². The average Bonchev–Trinajstić information content (AvgIpc) is 2.59. The number of rotatable bonds is 5. The van der Waals surface area contributed by atoms with Crippen LogP contribution in [0.2, 0.25) is 0 Å². The number of hydrazone groups is 1. The van der Waals surface area contributed by atoms with E-state index in [1.165, 1.54) is 0 Å². The number of hydrogen-bond acceptors (Lipinski definition) is 3. The number of nitrogens with one attached hydrogen (secondary N) is 2. The van der Waals surface area contributed by atoms with Gasteiger partial charge >= 0.3 is 0 Å². The van der Waals surface area contributed by atoms with Crippen LogP contribution in [-0.4, -0.2) is 24.1 Å². The topological polar surface area (TPSA) is 70.6 Å². The van der Waals surface area contributed by atoms with Gasteiger partial charge in [-0.25, -0.2) is 5.43 Å². The van der Waals surface area contributed by atoms with Crippen molar-refractivity contribution < 1.29 is 9.59 Å². The summed E-state index contributed by atoms with van der Waals surface area (Å²) in [7, 11) is 0. The Balaban J connectivity index is 1.82. The summed E-state index contributed by atoms with van der Waals surface area (Å²) < 4.78 is 0. The van der Waals surface area contributed by atoms with Crippen molar-refractivity contribution in [2.75, 3.05) is 6.54 Å². The van der Waals surface area contributed by atoms with Gasteiger partial charge in [0.15, 0.2) is 0 Å². The lowest BCUT2D eigenvalue weighted by Crippen LogP contribution is -2.35. The van der Waals surface area contributed by atoms with Gasteiger partial charge in [-0.3, -0.25) is 9.59 Å². The van der Waals surface area contributed by atoms with E-state index < -0.39 is 0 Å². The van der Waals surface area contributed by atoms with E-state index in [0.29, 0.717) is 11.3 Å². The number of hydrogen-bond donors (Lipinski definition) is 2. The molecular formula is C17H17N3O2. The monoisotopic (exact) mass is 295 g/mol. The standard InChI is InChI=1S/C17H17N3O2/c1-13(14-8-4-2-5-9-14)19-20-16(21)12-18-17(22)15-10-6-3-7-11-15/h2-11H,12H2,1H3,(H,18,22)(H,20,21). The fourth-order valence-electron chi connectivity index (χ4n) is 1.78. The Hall–Kier alpha value is -2.95. The van der Waals surface area contributed by atoms with Gasteiger partial charge < -0.3 is 5.32 Å². The van der Waals surface area contributed by atoms with Crippen molar-refractivity contribution in [1.82, 2.24) is 10.7 Å². The SMILES string of the molecule is CC(=NNC(=O)CNC(=O)c1ccccc1)c1ccccc1. The van der Waals surface area contributed by atoms with Gasteiger partial charge in [0.05, 0.1) is 12.3 Å². The molecule has 112 valence electrons. The van der Waals surface area contributed by atoms with Gasteiger partial charge in [-0.05, 0) is 24.6 Å². The zero-order chi connectivity index (χ0) is 15.8. The summed E-state index contributed by atoms with van der Waals surface area (Å²) in [6, 6.07) is 18.2. The molecule has 2 aromatic carbocycles. The molecule has 0 aliphatic rings. The summed E-state index contributed by atoms with van der Waals surface area (Å²) in [5.41, 5.74) is 4.56. The van der Waals surface area contributed by atoms with Gasteiger partial charge in [0.25, 0.3) is 11.8 Å². The smallest absolute Gasteiger partial charge is 0.259 e. The van der Waals surface area contributed by atoms with Crippen molar-refractivity contribution >= 4 is 17.5 Å². The number of amides is 2. The third-order valence-corrected chi connectivity index (χ3v) is 2.99. The summed E-state index contributed by atoms with van der Waals surface area (Å²) in [6.07, 6.45) is 0. The summed E-state index contributed by atoms with van der Waals surface area (Å²) in [6.45, 7) is 1.68.